The summed E-state index contributed by atoms with van der Waals surface area (Å²) in [6, 6.07) is 2.14. The molecule has 1 heterocycles. The molecule has 1 nitrogen and oxygen atoms in total. The molecular formula is C11H16OS. The molecule has 0 aliphatic heterocycles. The molecule has 0 saturated heterocycles. The van der Waals surface area contributed by atoms with E-state index in [2.05, 4.69) is 23.8 Å². The summed E-state index contributed by atoms with van der Waals surface area (Å²) in [4.78, 5) is 0. The SMILES string of the molecule is CC1(O)CCCC1(C)c1ccsc1. The average molecular weight is 196 g/mol. The van der Waals surface area contributed by atoms with Crippen molar-refractivity contribution < 1.29 is 5.11 Å². The standard InChI is InChI=1S/C11H16OS/c1-10(9-4-7-13-8-9)5-3-6-11(10,2)12/h4,7-8,12H,3,5-6H2,1-2H3. The molecule has 1 fully saturated rings. The Morgan fingerprint density at radius 1 is 1.38 bits per heavy atom. The second-order valence-corrected chi connectivity index (χ2v) is 5.25. The molecule has 1 saturated carbocycles. The van der Waals surface area contributed by atoms with Gasteiger partial charge in [-0.2, -0.15) is 11.3 Å². The maximum atomic E-state index is 10.3. The zero-order valence-corrected chi connectivity index (χ0v) is 9.03. The van der Waals surface area contributed by atoms with Crippen LogP contribution in [0.3, 0.4) is 0 Å². The van der Waals surface area contributed by atoms with E-state index < -0.39 is 5.60 Å². The normalized spacial score (nSPS) is 39.6. The summed E-state index contributed by atoms with van der Waals surface area (Å²) in [7, 11) is 0. The van der Waals surface area contributed by atoms with Gasteiger partial charge in [-0.25, -0.2) is 0 Å². The van der Waals surface area contributed by atoms with Crippen molar-refractivity contribution in [1.29, 1.82) is 0 Å². The third-order valence-corrected chi connectivity index (χ3v) is 4.37. The second kappa shape index (κ2) is 2.82. The van der Waals surface area contributed by atoms with E-state index in [1.807, 2.05) is 6.92 Å². The van der Waals surface area contributed by atoms with Crippen LogP contribution in [0.5, 0.6) is 0 Å². The van der Waals surface area contributed by atoms with E-state index in [1.165, 1.54) is 5.56 Å². The van der Waals surface area contributed by atoms with Gasteiger partial charge in [0.2, 0.25) is 0 Å². The molecule has 2 heteroatoms. The Kier molecular flexibility index (Phi) is 2.00. The largest absolute Gasteiger partial charge is 0.389 e. The van der Waals surface area contributed by atoms with E-state index in [1.54, 1.807) is 11.3 Å². The van der Waals surface area contributed by atoms with Crippen LogP contribution >= 0.6 is 11.3 Å². The Bertz CT molecular complexity index is 289. The lowest BCUT2D eigenvalue weighted by atomic mass is 9.73. The zero-order chi connectivity index (χ0) is 9.53. The molecule has 1 N–H and O–H groups in total. The Labute approximate surface area is 83.4 Å². The van der Waals surface area contributed by atoms with Gasteiger partial charge in [0.25, 0.3) is 0 Å². The summed E-state index contributed by atoms with van der Waals surface area (Å²) < 4.78 is 0. The van der Waals surface area contributed by atoms with Crippen LogP contribution in [0.1, 0.15) is 38.7 Å². The minimum atomic E-state index is -0.520. The van der Waals surface area contributed by atoms with Crippen LogP contribution in [0.2, 0.25) is 0 Å². The monoisotopic (exact) mass is 196 g/mol. The van der Waals surface area contributed by atoms with Gasteiger partial charge in [-0.15, -0.1) is 0 Å². The molecule has 1 aliphatic carbocycles. The maximum absolute atomic E-state index is 10.3. The van der Waals surface area contributed by atoms with E-state index in [-0.39, 0.29) is 5.41 Å². The van der Waals surface area contributed by atoms with E-state index in [0.717, 1.165) is 19.3 Å². The lowest BCUT2D eigenvalue weighted by Gasteiger charge is -2.36. The molecule has 2 unspecified atom stereocenters. The van der Waals surface area contributed by atoms with Gasteiger partial charge < -0.3 is 5.11 Å². The number of aliphatic hydroxyl groups is 1. The highest BCUT2D eigenvalue weighted by Crippen LogP contribution is 2.48. The van der Waals surface area contributed by atoms with E-state index >= 15 is 0 Å². The highest BCUT2D eigenvalue weighted by molar-refractivity contribution is 7.08. The highest BCUT2D eigenvalue weighted by atomic mass is 32.1. The first-order chi connectivity index (χ1) is 6.06. The van der Waals surface area contributed by atoms with Crippen molar-refractivity contribution in [2.75, 3.05) is 0 Å². The van der Waals surface area contributed by atoms with Gasteiger partial charge in [0.15, 0.2) is 0 Å². The molecule has 0 radical (unpaired) electrons. The van der Waals surface area contributed by atoms with Crippen LogP contribution in [-0.2, 0) is 5.41 Å². The van der Waals surface area contributed by atoms with Crippen LogP contribution < -0.4 is 0 Å². The summed E-state index contributed by atoms with van der Waals surface area (Å²) in [6.45, 7) is 4.15. The van der Waals surface area contributed by atoms with Gasteiger partial charge >= 0.3 is 0 Å². The lowest BCUT2D eigenvalue weighted by Crippen LogP contribution is -2.42. The third-order valence-electron chi connectivity index (χ3n) is 3.69. The Hall–Kier alpha value is -0.340. The van der Waals surface area contributed by atoms with Gasteiger partial charge in [-0.3, -0.25) is 0 Å². The van der Waals surface area contributed by atoms with Crippen molar-refractivity contribution >= 4 is 11.3 Å². The summed E-state index contributed by atoms with van der Waals surface area (Å²) in [6.07, 6.45) is 3.18. The van der Waals surface area contributed by atoms with Crippen molar-refractivity contribution in [2.45, 2.75) is 44.1 Å². The van der Waals surface area contributed by atoms with Gasteiger partial charge in [-0.1, -0.05) is 6.92 Å². The molecule has 1 aromatic heterocycles. The van der Waals surface area contributed by atoms with Gasteiger partial charge in [0.05, 0.1) is 5.60 Å². The minimum absolute atomic E-state index is 0.0208. The predicted molar refractivity (Wildman–Crippen MR) is 56.1 cm³/mol. The van der Waals surface area contributed by atoms with Crippen molar-refractivity contribution in [3.63, 3.8) is 0 Å². The van der Waals surface area contributed by atoms with E-state index in [4.69, 9.17) is 0 Å². The molecule has 0 amide bonds. The van der Waals surface area contributed by atoms with E-state index in [0.29, 0.717) is 0 Å². The molecule has 2 rings (SSSR count). The first-order valence-electron chi connectivity index (χ1n) is 4.81. The Balaban J connectivity index is 2.40. The number of hydrogen-bond donors (Lipinski definition) is 1. The predicted octanol–water partition coefficient (Wildman–Crippen LogP) is 2.94. The first-order valence-corrected chi connectivity index (χ1v) is 5.76. The molecule has 2 atom stereocenters. The van der Waals surface area contributed by atoms with Crippen LogP contribution in [0.25, 0.3) is 0 Å². The number of thiophene rings is 1. The molecule has 0 bridgehead atoms. The second-order valence-electron chi connectivity index (χ2n) is 4.47. The zero-order valence-electron chi connectivity index (χ0n) is 8.21. The minimum Gasteiger partial charge on any atom is -0.389 e. The molecule has 72 valence electrons. The topological polar surface area (TPSA) is 20.2 Å². The van der Waals surface area contributed by atoms with Crippen molar-refractivity contribution in [2.24, 2.45) is 0 Å². The Morgan fingerprint density at radius 2 is 2.15 bits per heavy atom. The smallest absolute Gasteiger partial charge is 0.0713 e. The average Bonchev–Trinajstić information content (AvgIpc) is 2.61. The van der Waals surface area contributed by atoms with Crippen LogP contribution in [0.4, 0.5) is 0 Å². The fourth-order valence-electron chi connectivity index (χ4n) is 2.37. The molecule has 1 aliphatic rings. The summed E-state index contributed by atoms with van der Waals surface area (Å²) in [5.41, 5.74) is 0.765. The molecule has 0 aromatic carbocycles. The summed E-state index contributed by atoms with van der Waals surface area (Å²) in [5.74, 6) is 0. The third kappa shape index (κ3) is 1.24. The van der Waals surface area contributed by atoms with Crippen molar-refractivity contribution in [1.82, 2.24) is 0 Å². The first kappa shape index (κ1) is 9.22. The maximum Gasteiger partial charge on any atom is 0.0713 e. The number of rotatable bonds is 1. The number of hydrogen-bond acceptors (Lipinski definition) is 2. The summed E-state index contributed by atoms with van der Waals surface area (Å²) >= 11 is 1.71. The van der Waals surface area contributed by atoms with Gasteiger partial charge in [0.1, 0.15) is 0 Å². The highest BCUT2D eigenvalue weighted by Gasteiger charge is 2.48. The fraction of sp³-hybridized carbons (Fsp3) is 0.636. The molecule has 0 spiro atoms. The van der Waals surface area contributed by atoms with E-state index in [9.17, 15) is 5.11 Å². The summed E-state index contributed by atoms with van der Waals surface area (Å²) in [5, 5.41) is 14.5. The van der Waals surface area contributed by atoms with Crippen LogP contribution in [0, 0.1) is 0 Å². The quantitative estimate of drug-likeness (QED) is 0.732. The Morgan fingerprint density at radius 3 is 2.62 bits per heavy atom. The molecule has 1 aromatic rings. The van der Waals surface area contributed by atoms with Crippen LogP contribution in [-0.4, -0.2) is 10.7 Å². The fourth-order valence-corrected chi connectivity index (χ4v) is 3.15. The molecule has 13 heavy (non-hydrogen) atoms. The van der Waals surface area contributed by atoms with Gasteiger partial charge in [-0.05, 0) is 48.6 Å². The lowest BCUT2D eigenvalue weighted by molar-refractivity contribution is 0.00708. The van der Waals surface area contributed by atoms with Crippen LogP contribution in [0.15, 0.2) is 16.8 Å². The molecular weight excluding hydrogens is 180 g/mol. The van der Waals surface area contributed by atoms with Crippen molar-refractivity contribution in [3.05, 3.63) is 22.4 Å². The van der Waals surface area contributed by atoms with Gasteiger partial charge in [0, 0.05) is 5.41 Å². The van der Waals surface area contributed by atoms with Crippen molar-refractivity contribution in [3.8, 4) is 0 Å².